The van der Waals surface area contributed by atoms with E-state index in [-0.39, 0.29) is 31.0 Å². The molecule has 10 heteroatoms. The van der Waals surface area contributed by atoms with Crippen LogP contribution in [0.1, 0.15) is 85.0 Å². The maximum atomic E-state index is 11.4. The zero-order valence-corrected chi connectivity index (χ0v) is 20.3. The number of unbranched alkanes of at least 4 members (excludes halogenated alkanes) is 5. The Morgan fingerprint density at radius 1 is 0.758 bits per heavy atom. The van der Waals surface area contributed by atoms with Crippen LogP contribution in [-0.2, 0) is 9.59 Å². The first-order valence-corrected chi connectivity index (χ1v) is 12.2. The van der Waals surface area contributed by atoms with Gasteiger partial charge in [-0.25, -0.2) is 0 Å². The van der Waals surface area contributed by atoms with Crippen LogP contribution in [0.3, 0.4) is 0 Å². The molecule has 0 saturated heterocycles. The fourth-order valence-electron chi connectivity index (χ4n) is 3.38. The molecule has 4 N–H and O–H groups in total. The van der Waals surface area contributed by atoms with Crippen molar-refractivity contribution in [3.63, 3.8) is 0 Å². The van der Waals surface area contributed by atoms with E-state index in [0.717, 1.165) is 32.1 Å². The normalized spacial score (nSPS) is 12.7. The van der Waals surface area contributed by atoms with Gasteiger partial charge < -0.3 is 25.6 Å². The lowest BCUT2D eigenvalue weighted by molar-refractivity contribution is -0.142. The van der Waals surface area contributed by atoms with Crippen LogP contribution in [-0.4, -0.2) is 56.8 Å². The van der Waals surface area contributed by atoms with Crippen molar-refractivity contribution >= 4 is 23.8 Å². The molecule has 2 atom stereocenters. The Morgan fingerprint density at radius 3 is 1.70 bits per heavy atom. The molecule has 0 fully saturated rings. The average molecular weight is 468 g/mol. The van der Waals surface area contributed by atoms with Crippen molar-refractivity contribution < 1.29 is 24.5 Å². The van der Waals surface area contributed by atoms with E-state index in [1.165, 1.54) is 19.3 Å². The second-order valence-electron chi connectivity index (χ2n) is 8.29. The van der Waals surface area contributed by atoms with Crippen molar-refractivity contribution in [2.75, 3.05) is 30.3 Å². The van der Waals surface area contributed by atoms with Crippen LogP contribution < -0.4 is 15.4 Å². The fourth-order valence-corrected chi connectivity index (χ4v) is 3.38. The van der Waals surface area contributed by atoms with Gasteiger partial charge in [0, 0.05) is 13.1 Å². The number of aromatic nitrogens is 3. The third-order valence-electron chi connectivity index (χ3n) is 5.33. The van der Waals surface area contributed by atoms with Crippen molar-refractivity contribution in [1.82, 2.24) is 15.0 Å². The van der Waals surface area contributed by atoms with E-state index in [0.29, 0.717) is 19.4 Å². The minimum Gasteiger partial charge on any atom is -0.481 e. The van der Waals surface area contributed by atoms with Crippen LogP contribution in [0.2, 0.25) is 0 Å². The summed E-state index contributed by atoms with van der Waals surface area (Å²) in [5.74, 6) is -2.46. The van der Waals surface area contributed by atoms with Gasteiger partial charge in [-0.2, -0.15) is 15.0 Å². The molecule has 0 amide bonds. The zero-order chi connectivity index (χ0) is 24.5. The molecule has 0 saturated carbocycles. The Morgan fingerprint density at radius 2 is 1.24 bits per heavy atom. The van der Waals surface area contributed by atoms with E-state index in [9.17, 15) is 19.8 Å². The second-order valence-corrected chi connectivity index (χ2v) is 8.29. The monoisotopic (exact) mass is 467 g/mol. The van der Waals surface area contributed by atoms with Gasteiger partial charge in [-0.05, 0) is 19.3 Å². The molecule has 0 aliphatic carbocycles. The van der Waals surface area contributed by atoms with Crippen LogP contribution in [0.4, 0.5) is 11.9 Å². The number of nitrogens with one attached hydrogen (secondary N) is 2. The smallest absolute Gasteiger partial charge is 0.323 e. The number of hydrogen-bond donors (Lipinski definition) is 4. The van der Waals surface area contributed by atoms with Crippen molar-refractivity contribution in [2.24, 2.45) is 11.8 Å². The van der Waals surface area contributed by atoms with E-state index in [4.69, 9.17) is 4.74 Å². The highest BCUT2D eigenvalue weighted by Crippen LogP contribution is 2.16. The standard InChI is InChI=1S/C23H41N5O5/c1-4-7-8-9-10-11-14-33-23-27-21(24-15-17(12-5-2)19(29)30)26-22(28-23)25-16-18(13-6-3)20(31)32/h17-18H,4-16H2,1-3H3,(H,29,30)(H,31,32)(H2,24,25,26,27,28). The van der Waals surface area contributed by atoms with Gasteiger partial charge in [0.25, 0.3) is 0 Å². The molecule has 0 aliphatic rings. The molecular weight excluding hydrogens is 426 g/mol. The summed E-state index contributed by atoms with van der Waals surface area (Å²) < 4.78 is 5.72. The second kappa shape index (κ2) is 16.9. The van der Waals surface area contributed by atoms with Gasteiger partial charge in [-0.15, -0.1) is 0 Å². The molecule has 2 unspecified atom stereocenters. The number of ether oxygens (including phenoxy) is 1. The summed E-state index contributed by atoms with van der Waals surface area (Å²) in [5.41, 5.74) is 0. The Kier molecular flexibility index (Phi) is 14.5. The maximum absolute atomic E-state index is 11.4. The molecule has 0 aliphatic heterocycles. The molecule has 188 valence electrons. The Balaban J connectivity index is 2.81. The number of aliphatic carboxylic acids is 2. The summed E-state index contributed by atoms with van der Waals surface area (Å²) in [5, 5.41) is 24.7. The summed E-state index contributed by atoms with van der Waals surface area (Å²) in [7, 11) is 0. The van der Waals surface area contributed by atoms with Crippen molar-refractivity contribution in [1.29, 1.82) is 0 Å². The summed E-state index contributed by atoms with van der Waals surface area (Å²) in [6.45, 7) is 6.88. The summed E-state index contributed by atoms with van der Waals surface area (Å²) >= 11 is 0. The predicted octanol–water partition coefficient (Wildman–Crippen LogP) is 4.44. The number of carbonyl (C=O) groups is 2. The SMILES string of the molecule is CCCCCCCCOc1nc(NCC(CCC)C(=O)O)nc(NCC(CCC)C(=O)O)n1. The average Bonchev–Trinajstić information content (AvgIpc) is 2.78. The molecular formula is C23H41N5O5. The van der Waals surface area contributed by atoms with Crippen LogP contribution in [0.25, 0.3) is 0 Å². The number of anilines is 2. The molecule has 1 rings (SSSR count). The van der Waals surface area contributed by atoms with Gasteiger partial charge in [-0.3, -0.25) is 9.59 Å². The van der Waals surface area contributed by atoms with E-state index in [1.807, 2.05) is 13.8 Å². The molecule has 1 aromatic heterocycles. The van der Waals surface area contributed by atoms with Crippen molar-refractivity contribution in [3.8, 4) is 6.01 Å². The molecule has 0 radical (unpaired) electrons. The molecule has 33 heavy (non-hydrogen) atoms. The van der Waals surface area contributed by atoms with Crippen LogP contribution in [0, 0.1) is 11.8 Å². The van der Waals surface area contributed by atoms with Gasteiger partial charge in [-0.1, -0.05) is 65.7 Å². The maximum Gasteiger partial charge on any atom is 0.323 e. The van der Waals surface area contributed by atoms with Gasteiger partial charge in [0.05, 0.1) is 18.4 Å². The number of nitrogens with zero attached hydrogens (tertiary/aromatic N) is 3. The van der Waals surface area contributed by atoms with Crippen LogP contribution in [0.15, 0.2) is 0 Å². The zero-order valence-electron chi connectivity index (χ0n) is 20.3. The largest absolute Gasteiger partial charge is 0.481 e. The Hall–Kier alpha value is -2.65. The molecule has 1 aromatic rings. The third kappa shape index (κ3) is 12.2. The lowest BCUT2D eigenvalue weighted by atomic mass is 10.0. The lowest BCUT2D eigenvalue weighted by Crippen LogP contribution is -2.25. The summed E-state index contributed by atoms with van der Waals surface area (Å²) in [6, 6.07) is 0.133. The summed E-state index contributed by atoms with van der Waals surface area (Å²) in [4.78, 5) is 35.7. The first-order chi connectivity index (χ1) is 15.9. The molecule has 1 heterocycles. The molecule has 0 spiro atoms. The van der Waals surface area contributed by atoms with E-state index < -0.39 is 23.8 Å². The minimum absolute atomic E-state index is 0.133. The van der Waals surface area contributed by atoms with Crippen LogP contribution in [0.5, 0.6) is 6.01 Å². The van der Waals surface area contributed by atoms with Gasteiger partial charge in [0.15, 0.2) is 0 Å². The van der Waals surface area contributed by atoms with Crippen LogP contribution >= 0.6 is 0 Å². The quantitative estimate of drug-likeness (QED) is 0.203. The van der Waals surface area contributed by atoms with E-state index in [2.05, 4.69) is 32.5 Å². The molecule has 10 nitrogen and oxygen atoms in total. The fraction of sp³-hybridized carbons (Fsp3) is 0.783. The highest BCUT2D eigenvalue weighted by atomic mass is 16.5. The minimum atomic E-state index is -0.875. The summed E-state index contributed by atoms with van der Waals surface area (Å²) in [6.07, 6.45) is 9.36. The lowest BCUT2D eigenvalue weighted by Gasteiger charge is -2.15. The molecule has 0 aromatic carbocycles. The van der Waals surface area contributed by atoms with Gasteiger partial charge in [0.2, 0.25) is 11.9 Å². The van der Waals surface area contributed by atoms with Gasteiger partial charge >= 0.3 is 17.9 Å². The number of carboxylic acids is 2. The Bertz CT molecular complexity index is 658. The molecule has 0 bridgehead atoms. The highest BCUT2D eigenvalue weighted by Gasteiger charge is 2.19. The van der Waals surface area contributed by atoms with Crippen molar-refractivity contribution in [2.45, 2.75) is 85.0 Å². The van der Waals surface area contributed by atoms with Gasteiger partial charge in [0.1, 0.15) is 0 Å². The van der Waals surface area contributed by atoms with Crippen molar-refractivity contribution in [3.05, 3.63) is 0 Å². The Labute approximate surface area is 197 Å². The first kappa shape index (κ1) is 28.4. The van der Waals surface area contributed by atoms with E-state index >= 15 is 0 Å². The topological polar surface area (TPSA) is 147 Å². The van der Waals surface area contributed by atoms with E-state index in [1.54, 1.807) is 0 Å². The number of hydrogen-bond acceptors (Lipinski definition) is 8. The third-order valence-corrected chi connectivity index (χ3v) is 5.33. The predicted molar refractivity (Wildman–Crippen MR) is 128 cm³/mol. The number of rotatable bonds is 20. The highest BCUT2D eigenvalue weighted by molar-refractivity contribution is 5.71. The first-order valence-electron chi connectivity index (χ1n) is 12.2. The number of carboxylic acid groups (broad SMARTS) is 2.